The summed E-state index contributed by atoms with van der Waals surface area (Å²) < 4.78 is 11.1. The van der Waals surface area contributed by atoms with Crippen molar-refractivity contribution in [2.24, 2.45) is 0 Å². The minimum atomic E-state index is -0.428. The molecule has 0 atom stereocenters. The van der Waals surface area contributed by atoms with E-state index in [1.54, 1.807) is 84.9 Å². The van der Waals surface area contributed by atoms with E-state index >= 15 is 0 Å². The number of methoxy groups -OCH3 is 1. The molecule has 2 aliphatic rings. The number of anilines is 2. The predicted molar refractivity (Wildman–Crippen MR) is 167 cm³/mol. The van der Waals surface area contributed by atoms with E-state index in [2.05, 4.69) is 11.8 Å². The van der Waals surface area contributed by atoms with Crippen LogP contribution in [-0.4, -0.2) is 30.7 Å². The van der Waals surface area contributed by atoms with Crippen LogP contribution in [0.15, 0.2) is 115 Å². The molecule has 2 heterocycles. The van der Waals surface area contributed by atoms with E-state index in [0.29, 0.717) is 50.9 Å². The minimum Gasteiger partial charge on any atom is -0.497 e. The Morgan fingerprint density at radius 3 is 1.49 bits per heavy atom. The highest BCUT2D eigenvalue weighted by Gasteiger charge is 2.38. The third-order valence-corrected chi connectivity index (χ3v) is 7.53. The SMILES string of the molecule is COc1ccc2c(c1)C(=O)N(c1ccc(Oc3ccc(N4C(=O)c5ccc(C#Cc6ccccc6)cc5C4=O)cc3)cc1)C2=O. The maximum atomic E-state index is 13.3. The summed E-state index contributed by atoms with van der Waals surface area (Å²) in [5.41, 5.74) is 3.53. The van der Waals surface area contributed by atoms with Crippen molar-refractivity contribution in [2.45, 2.75) is 0 Å². The van der Waals surface area contributed by atoms with Crippen LogP contribution in [0.2, 0.25) is 0 Å². The number of amides is 4. The van der Waals surface area contributed by atoms with Crippen molar-refractivity contribution in [1.29, 1.82) is 0 Å². The van der Waals surface area contributed by atoms with Gasteiger partial charge in [0.1, 0.15) is 17.2 Å². The monoisotopic (exact) mass is 590 g/mol. The lowest BCUT2D eigenvalue weighted by atomic mass is 10.1. The van der Waals surface area contributed by atoms with Gasteiger partial charge in [-0.05, 0) is 97.1 Å². The van der Waals surface area contributed by atoms with E-state index in [0.717, 1.165) is 15.4 Å². The van der Waals surface area contributed by atoms with Gasteiger partial charge in [-0.15, -0.1) is 0 Å². The highest BCUT2D eigenvalue weighted by Crippen LogP contribution is 2.34. The third kappa shape index (κ3) is 4.88. The van der Waals surface area contributed by atoms with Crippen molar-refractivity contribution in [3.63, 3.8) is 0 Å². The van der Waals surface area contributed by atoms with Gasteiger partial charge in [0, 0.05) is 11.1 Å². The Hall–Kier alpha value is -6.46. The molecule has 2 aliphatic heterocycles. The second-order valence-corrected chi connectivity index (χ2v) is 10.3. The fourth-order valence-electron chi connectivity index (χ4n) is 5.26. The van der Waals surface area contributed by atoms with Crippen molar-refractivity contribution in [2.75, 3.05) is 16.9 Å². The standard InChI is InChI=1S/C37H22N2O6/c1-44-29-18-20-31-33(22-29)37(43)39(35(31)41)26-12-16-28(17-13-26)45-27-14-10-25(11-15-27)38-34(40)30-19-9-24(21-32(30)36(38)42)8-7-23-5-3-2-4-6-23/h2-6,9-22H,1H3. The van der Waals surface area contributed by atoms with Crippen LogP contribution in [0.1, 0.15) is 52.6 Å². The number of nitrogens with zero attached hydrogens (tertiary/aromatic N) is 2. The molecule has 0 N–H and O–H groups in total. The maximum absolute atomic E-state index is 13.3. The lowest BCUT2D eigenvalue weighted by molar-refractivity contribution is 0.0910. The highest BCUT2D eigenvalue weighted by molar-refractivity contribution is 6.35. The predicted octanol–water partition coefficient (Wildman–Crippen LogP) is 6.49. The topological polar surface area (TPSA) is 93.2 Å². The lowest BCUT2D eigenvalue weighted by Gasteiger charge is -2.16. The number of ether oxygens (including phenoxy) is 2. The van der Waals surface area contributed by atoms with Crippen LogP contribution in [0.4, 0.5) is 11.4 Å². The zero-order chi connectivity index (χ0) is 31.1. The molecule has 5 aromatic rings. The smallest absolute Gasteiger partial charge is 0.266 e. The van der Waals surface area contributed by atoms with Crippen molar-refractivity contribution in [1.82, 2.24) is 0 Å². The van der Waals surface area contributed by atoms with E-state index in [4.69, 9.17) is 9.47 Å². The van der Waals surface area contributed by atoms with Crippen LogP contribution in [0.3, 0.4) is 0 Å². The Morgan fingerprint density at radius 1 is 0.467 bits per heavy atom. The third-order valence-electron chi connectivity index (χ3n) is 7.53. The zero-order valence-electron chi connectivity index (χ0n) is 23.8. The van der Waals surface area contributed by atoms with Crippen LogP contribution in [0, 0.1) is 11.8 Å². The average Bonchev–Trinajstić information content (AvgIpc) is 3.48. The average molecular weight is 591 g/mol. The van der Waals surface area contributed by atoms with Gasteiger partial charge < -0.3 is 9.47 Å². The molecule has 8 nitrogen and oxygen atoms in total. The molecule has 0 radical (unpaired) electrons. The molecule has 4 amide bonds. The molecule has 0 unspecified atom stereocenters. The lowest BCUT2D eigenvalue weighted by Crippen LogP contribution is -2.29. The molecule has 7 rings (SSSR count). The summed E-state index contributed by atoms with van der Waals surface area (Å²) in [6.07, 6.45) is 0. The van der Waals surface area contributed by atoms with Gasteiger partial charge in [0.05, 0.1) is 40.7 Å². The van der Waals surface area contributed by atoms with Gasteiger partial charge >= 0.3 is 0 Å². The number of hydrogen-bond acceptors (Lipinski definition) is 6. The number of hydrogen-bond donors (Lipinski definition) is 0. The van der Waals surface area contributed by atoms with Crippen molar-refractivity contribution in [3.05, 3.63) is 149 Å². The van der Waals surface area contributed by atoms with E-state index in [-0.39, 0.29) is 5.56 Å². The molecule has 0 bridgehead atoms. The first-order valence-electron chi connectivity index (χ1n) is 14.0. The molecule has 8 heteroatoms. The molecule has 0 fully saturated rings. The van der Waals surface area contributed by atoms with E-state index in [1.165, 1.54) is 7.11 Å². The van der Waals surface area contributed by atoms with Crippen molar-refractivity contribution >= 4 is 35.0 Å². The molecule has 216 valence electrons. The van der Waals surface area contributed by atoms with E-state index < -0.39 is 23.6 Å². The summed E-state index contributed by atoms with van der Waals surface area (Å²) in [5, 5.41) is 0. The van der Waals surface area contributed by atoms with Crippen LogP contribution in [0.25, 0.3) is 0 Å². The number of rotatable bonds is 5. The maximum Gasteiger partial charge on any atom is 0.266 e. The highest BCUT2D eigenvalue weighted by atomic mass is 16.5. The molecule has 5 aromatic carbocycles. The van der Waals surface area contributed by atoms with Gasteiger partial charge in [-0.3, -0.25) is 19.2 Å². The van der Waals surface area contributed by atoms with Gasteiger partial charge in [0.15, 0.2) is 0 Å². The molecule has 0 saturated carbocycles. The first kappa shape index (κ1) is 27.4. The van der Waals surface area contributed by atoms with Crippen molar-refractivity contribution in [3.8, 4) is 29.1 Å². The summed E-state index contributed by atoms with van der Waals surface area (Å²) in [5.74, 6) is 5.88. The van der Waals surface area contributed by atoms with Crippen LogP contribution < -0.4 is 19.3 Å². The second-order valence-electron chi connectivity index (χ2n) is 10.3. The fraction of sp³-hybridized carbons (Fsp3) is 0.0270. The number of carbonyl (C=O) groups excluding carboxylic acids is 4. The summed E-state index contributed by atoms with van der Waals surface area (Å²) >= 11 is 0. The Bertz CT molecular complexity index is 2090. The van der Waals surface area contributed by atoms with Crippen LogP contribution >= 0.6 is 0 Å². The Balaban J connectivity index is 1.04. The van der Waals surface area contributed by atoms with Crippen LogP contribution in [-0.2, 0) is 0 Å². The number of carbonyl (C=O) groups is 4. The number of fused-ring (bicyclic) bond motifs is 2. The van der Waals surface area contributed by atoms with Gasteiger partial charge in [-0.25, -0.2) is 9.80 Å². The number of imide groups is 2. The molecular formula is C37H22N2O6. The summed E-state index contributed by atoms with van der Waals surface area (Å²) in [7, 11) is 1.50. The summed E-state index contributed by atoms with van der Waals surface area (Å²) in [6.45, 7) is 0. The molecule has 0 aromatic heterocycles. The van der Waals surface area contributed by atoms with Crippen LogP contribution in [0.5, 0.6) is 17.2 Å². The van der Waals surface area contributed by atoms with E-state index in [9.17, 15) is 19.2 Å². The fourth-order valence-corrected chi connectivity index (χ4v) is 5.26. The normalized spacial score (nSPS) is 13.4. The molecule has 0 spiro atoms. The summed E-state index contributed by atoms with van der Waals surface area (Å²) in [4.78, 5) is 54.6. The van der Waals surface area contributed by atoms with Gasteiger partial charge in [-0.2, -0.15) is 0 Å². The molecule has 0 saturated heterocycles. The molecule has 0 aliphatic carbocycles. The summed E-state index contributed by atoms with van der Waals surface area (Å²) in [6, 6.07) is 32.4. The number of benzene rings is 5. The largest absolute Gasteiger partial charge is 0.497 e. The Morgan fingerprint density at radius 2 is 0.933 bits per heavy atom. The minimum absolute atomic E-state index is 0.287. The van der Waals surface area contributed by atoms with Gasteiger partial charge in [0.2, 0.25) is 0 Å². The van der Waals surface area contributed by atoms with Crippen molar-refractivity contribution < 1.29 is 28.7 Å². The molecular weight excluding hydrogens is 568 g/mol. The van der Waals surface area contributed by atoms with Gasteiger partial charge in [0.25, 0.3) is 23.6 Å². The zero-order valence-corrected chi connectivity index (χ0v) is 23.8. The first-order valence-corrected chi connectivity index (χ1v) is 14.0. The van der Waals surface area contributed by atoms with Gasteiger partial charge in [-0.1, -0.05) is 30.0 Å². The quantitative estimate of drug-likeness (QED) is 0.172. The first-order chi connectivity index (χ1) is 21.9. The second kappa shape index (κ2) is 11.0. The Labute approximate surface area is 258 Å². The molecule has 45 heavy (non-hydrogen) atoms. The van der Waals surface area contributed by atoms with E-state index in [1.807, 2.05) is 30.3 Å². The Kier molecular flexibility index (Phi) is 6.68.